The van der Waals surface area contributed by atoms with E-state index < -0.39 is 41.1 Å². The molecule has 0 amide bonds. The minimum atomic E-state index is -3.12. The maximum absolute atomic E-state index is 13.2. The summed E-state index contributed by atoms with van der Waals surface area (Å²) in [7, 11) is -2.25. The fourth-order valence-electron chi connectivity index (χ4n) is 9.08. The molecule has 6 rings (SSSR count). The molecule has 516 valence electrons. The summed E-state index contributed by atoms with van der Waals surface area (Å²) in [6, 6.07) is 24.8. The van der Waals surface area contributed by atoms with Crippen LogP contribution in [-0.2, 0) is 75.5 Å². The summed E-state index contributed by atoms with van der Waals surface area (Å²) in [5.41, 5.74) is 8.57. The Labute approximate surface area is 563 Å². The van der Waals surface area contributed by atoms with Gasteiger partial charge >= 0.3 is 0 Å². The predicted molar refractivity (Wildman–Crippen MR) is 375 cm³/mol. The molecule has 0 radical (unpaired) electrons. The van der Waals surface area contributed by atoms with Gasteiger partial charge in [-0.25, -0.2) is 25.3 Å². The van der Waals surface area contributed by atoms with Crippen molar-refractivity contribution in [3.63, 3.8) is 0 Å². The number of ketones is 3. The fourth-order valence-corrected chi connectivity index (χ4v) is 11.5. The molecule has 23 heteroatoms. The van der Waals surface area contributed by atoms with Crippen molar-refractivity contribution in [2.45, 2.75) is 78.1 Å². The van der Waals surface area contributed by atoms with Crippen molar-refractivity contribution in [1.29, 1.82) is 0 Å². The van der Waals surface area contributed by atoms with Crippen molar-refractivity contribution in [3.05, 3.63) is 211 Å². The second-order valence-corrected chi connectivity index (χ2v) is 29.4. The monoisotopic (exact) mass is 1380 g/mol. The molecule has 0 aromatic heterocycles. The van der Waals surface area contributed by atoms with Crippen LogP contribution in [0.5, 0.6) is 51.7 Å². The van der Waals surface area contributed by atoms with E-state index in [-0.39, 0.29) is 111 Å². The van der Waals surface area contributed by atoms with Crippen molar-refractivity contribution in [2.75, 3.05) is 67.9 Å². The van der Waals surface area contributed by atoms with Crippen LogP contribution in [0.15, 0.2) is 144 Å². The Hall–Kier alpha value is -9.26. The van der Waals surface area contributed by atoms with Gasteiger partial charge in [0.1, 0.15) is 68.4 Å². The van der Waals surface area contributed by atoms with E-state index in [1.54, 1.807) is 97.1 Å². The molecule has 0 saturated heterocycles. The largest absolute Gasteiger partial charge is 0.507 e. The van der Waals surface area contributed by atoms with Crippen LogP contribution < -0.4 is 23.7 Å². The summed E-state index contributed by atoms with van der Waals surface area (Å²) < 4.78 is 106. The first-order valence-electron chi connectivity index (χ1n) is 29.7. The van der Waals surface area contributed by atoms with Gasteiger partial charge in [0, 0.05) is 67.9 Å². The molecule has 0 fully saturated rings. The second-order valence-electron chi connectivity index (χ2n) is 22.9. The lowest BCUT2D eigenvalue weighted by Crippen LogP contribution is -2.09. The first-order chi connectivity index (χ1) is 45.1. The quantitative estimate of drug-likeness (QED) is 0.0141. The maximum Gasteiger partial charge on any atom is 0.193 e. The molecule has 0 atom stereocenters. The maximum atomic E-state index is 13.2. The summed E-state index contributed by atoms with van der Waals surface area (Å²) in [6.07, 6.45) is 19.0. The lowest BCUT2D eigenvalue weighted by Gasteiger charge is -2.18. The van der Waals surface area contributed by atoms with Crippen molar-refractivity contribution >= 4 is 65.1 Å². The third-order valence-corrected chi connectivity index (χ3v) is 16.3. The Morgan fingerprint density at radius 1 is 0.396 bits per heavy atom. The molecule has 0 aliphatic rings. The topological polar surface area (TPSA) is 299 Å². The molecule has 6 aromatic carbocycles. The lowest BCUT2D eigenvalue weighted by atomic mass is 9.99. The summed E-state index contributed by atoms with van der Waals surface area (Å²) in [6.45, 7) is 11.4. The van der Waals surface area contributed by atoms with Crippen LogP contribution >= 0.6 is 0 Å². The van der Waals surface area contributed by atoms with Crippen LogP contribution in [0.4, 0.5) is 0 Å². The van der Waals surface area contributed by atoms with Crippen molar-refractivity contribution < 1.29 is 93.2 Å². The Kier molecular flexibility index (Phi) is 30.6. The standard InChI is InChI=1S/2C25H30O7S.C23H26O6S/c1-17(2)6-12-20-22(32-16-30-3)14-23(31-4)24(25(20)27)21(26)13-11-18-7-9-19(10-8-18)15-33(5,28)29;1-17(2)6-12-20-22(27)14-23(31-4)24(25(20)32-16-30-3)21(26)13-11-18-7-9-19(10-8-18)15-33(5,28)29;1-15(2)5-11-18-20(25)13-21(29-3)22(23(18)26)19(24)12-10-16-6-8-17(9-7-16)14-30(4,27)28/h2*6-11,13-14,27H,12,15-16H2,1-5H3;5-10,12-13,25-26H,11,14H2,1-4H3/b2*13-11+;12-10+. The van der Waals surface area contributed by atoms with Crippen LogP contribution in [-0.4, -0.2) is 131 Å². The van der Waals surface area contributed by atoms with Gasteiger partial charge in [0.05, 0.1) is 38.6 Å². The van der Waals surface area contributed by atoms with E-state index in [9.17, 15) is 60.1 Å². The molecule has 0 bridgehead atoms. The molecule has 0 aliphatic heterocycles. The van der Waals surface area contributed by atoms with Crippen molar-refractivity contribution in [1.82, 2.24) is 0 Å². The number of hydrogen-bond donors (Lipinski definition) is 4. The normalized spacial score (nSPS) is 11.4. The molecule has 0 heterocycles. The zero-order valence-corrected chi connectivity index (χ0v) is 59.0. The van der Waals surface area contributed by atoms with Crippen LogP contribution in [0.1, 0.15) is 123 Å². The van der Waals surface area contributed by atoms with E-state index in [4.69, 9.17) is 33.2 Å². The van der Waals surface area contributed by atoms with Gasteiger partial charge in [-0.15, -0.1) is 0 Å². The average molecular weight is 1380 g/mol. The summed E-state index contributed by atoms with van der Waals surface area (Å²) >= 11 is 0. The predicted octanol–water partition coefficient (Wildman–Crippen LogP) is 12.7. The van der Waals surface area contributed by atoms with Crippen LogP contribution in [0, 0.1) is 0 Å². The number of ether oxygens (including phenoxy) is 7. The Bertz CT molecular complexity index is 4220. The number of hydrogen-bond acceptors (Lipinski definition) is 20. The molecule has 0 unspecified atom stereocenters. The number of phenolic OH excluding ortho intramolecular Hbond substituents is 4. The van der Waals surface area contributed by atoms with Gasteiger partial charge < -0.3 is 53.6 Å². The van der Waals surface area contributed by atoms with Crippen molar-refractivity contribution in [3.8, 4) is 51.7 Å². The van der Waals surface area contributed by atoms with Gasteiger partial charge in [0.25, 0.3) is 0 Å². The Balaban J connectivity index is 0.000000307. The minimum Gasteiger partial charge on any atom is -0.507 e. The molecular weight excluding hydrogens is 1290 g/mol. The number of rotatable bonds is 30. The number of benzene rings is 6. The van der Waals surface area contributed by atoms with E-state index in [1.807, 2.05) is 59.8 Å². The number of phenols is 4. The average Bonchev–Trinajstić information content (AvgIpc) is 0.803. The van der Waals surface area contributed by atoms with Crippen LogP contribution in [0.3, 0.4) is 0 Å². The molecule has 0 aliphatic carbocycles. The molecular formula is C73H86O20S3. The summed E-state index contributed by atoms with van der Waals surface area (Å²) in [4.78, 5) is 38.9. The second kappa shape index (κ2) is 37.1. The first kappa shape index (κ1) is 79.2. The highest BCUT2D eigenvalue weighted by Gasteiger charge is 2.26. The Morgan fingerprint density at radius 2 is 0.698 bits per heavy atom. The third-order valence-electron chi connectivity index (χ3n) is 13.7. The SMILES string of the molecule is COCOc1c(CC=C(C)C)c(O)cc(OC)c1C(=O)/C=C/c1ccc(CS(C)(=O)=O)cc1.COCOc1cc(OC)c(C(=O)/C=C/c2ccc(CS(C)(=O)=O)cc2)c(O)c1CC=C(C)C.COc1cc(O)c(CC=C(C)C)c(O)c1C(=O)/C=C/c1ccc(CS(C)(=O)=O)cc1. The highest BCUT2D eigenvalue weighted by molar-refractivity contribution is 7.90. The van der Waals surface area contributed by atoms with Gasteiger partial charge in [0.2, 0.25) is 0 Å². The summed E-state index contributed by atoms with van der Waals surface area (Å²) in [5.74, 6) is -1.18. The van der Waals surface area contributed by atoms with Crippen LogP contribution in [0.2, 0.25) is 0 Å². The van der Waals surface area contributed by atoms with Crippen molar-refractivity contribution in [2.24, 2.45) is 0 Å². The van der Waals surface area contributed by atoms with E-state index in [0.717, 1.165) is 22.3 Å². The molecule has 4 N–H and O–H groups in total. The van der Waals surface area contributed by atoms with E-state index in [1.165, 1.54) is 84.7 Å². The highest BCUT2D eigenvalue weighted by Crippen LogP contribution is 2.43. The lowest BCUT2D eigenvalue weighted by molar-refractivity contribution is 0.0493. The zero-order chi connectivity index (χ0) is 71.7. The fraction of sp³-hybridized carbons (Fsp3) is 0.301. The smallest absolute Gasteiger partial charge is 0.193 e. The van der Waals surface area contributed by atoms with E-state index >= 15 is 0 Å². The minimum absolute atomic E-state index is 0.0209. The van der Waals surface area contributed by atoms with Gasteiger partial charge in [-0.05, 0) is 112 Å². The van der Waals surface area contributed by atoms with E-state index in [0.29, 0.717) is 57.5 Å². The van der Waals surface area contributed by atoms with Gasteiger partial charge in [-0.1, -0.05) is 126 Å². The number of sulfone groups is 3. The zero-order valence-electron chi connectivity index (χ0n) is 56.6. The first-order valence-corrected chi connectivity index (χ1v) is 35.9. The third kappa shape index (κ3) is 25.8. The number of methoxy groups -OCH3 is 5. The highest BCUT2D eigenvalue weighted by atomic mass is 32.2. The summed E-state index contributed by atoms with van der Waals surface area (Å²) in [5, 5.41) is 42.3. The Morgan fingerprint density at radius 3 is 1.04 bits per heavy atom. The number of carbonyl (C=O) groups excluding carboxylic acids is 3. The molecule has 0 saturated carbocycles. The van der Waals surface area contributed by atoms with Gasteiger partial charge in [-0.3, -0.25) is 14.4 Å². The molecule has 96 heavy (non-hydrogen) atoms. The number of allylic oxidation sites excluding steroid dienone is 9. The van der Waals surface area contributed by atoms with E-state index in [2.05, 4.69) is 0 Å². The number of aromatic hydroxyl groups is 4. The number of carbonyl (C=O) groups is 3. The van der Waals surface area contributed by atoms with Crippen LogP contribution in [0.25, 0.3) is 18.2 Å². The van der Waals surface area contributed by atoms with Gasteiger partial charge in [0.15, 0.2) is 60.4 Å². The molecule has 20 nitrogen and oxygen atoms in total. The molecule has 0 spiro atoms. The molecule has 6 aromatic rings. The van der Waals surface area contributed by atoms with Gasteiger partial charge in [-0.2, -0.15) is 0 Å².